The molecule has 0 bridgehead atoms. The van der Waals surface area contributed by atoms with E-state index in [1.54, 1.807) is 0 Å². The third-order valence-corrected chi connectivity index (χ3v) is 2.42. The molecule has 1 aromatic heterocycles. The zero-order chi connectivity index (χ0) is 12.7. The smallest absolute Gasteiger partial charge is 0.0827 e. The Morgan fingerprint density at radius 2 is 2.00 bits per heavy atom. The fourth-order valence-electron chi connectivity index (χ4n) is 1.64. The Hall–Kier alpha value is -0.900. The summed E-state index contributed by atoms with van der Waals surface area (Å²) in [5.74, 6) is 0.615. The third-order valence-electron chi connectivity index (χ3n) is 2.42. The highest BCUT2D eigenvalue weighted by Crippen LogP contribution is 2.04. The molecule has 0 amide bonds. The van der Waals surface area contributed by atoms with Crippen LogP contribution in [0.3, 0.4) is 0 Å². The first-order valence-electron chi connectivity index (χ1n) is 6.58. The van der Waals surface area contributed by atoms with E-state index in [1.165, 1.54) is 0 Å². The van der Waals surface area contributed by atoms with Crippen molar-refractivity contribution in [3.8, 4) is 0 Å². The van der Waals surface area contributed by atoms with Crippen molar-refractivity contribution >= 4 is 0 Å². The molecule has 0 atom stereocenters. The molecule has 0 fully saturated rings. The molecule has 0 aromatic carbocycles. The first-order valence-corrected chi connectivity index (χ1v) is 6.58. The van der Waals surface area contributed by atoms with Crippen LogP contribution in [0.1, 0.15) is 46.2 Å². The number of hydrogen-bond acceptors (Lipinski definition) is 3. The van der Waals surface area contributed by atoms with Crippen LogP contribution >= 0.6 is 0 Å². The van der Waals surface area contributed by atoms with Crippen LogP contribution in [0, 0.1) is 5.92 Å². The highest BCUT2D eigenvalue weighted by atomic mass is 16.5. The summed E-state index contributed by atoms with van der Waals surface area (Å²) < 4.78 is 7.43. The van der Waals surface area contributed by atoms with Crippen molar-refractivity contribution < 1.29 is 4.74 Å². The Morgan fingerprint density at radius 3 is 2.65 bits per heavy atom. The van der Waals surface area contributed by atoms with E-state index in [-0.39, 0.29) is 0 Å². The molecule has 17 heavy (non-hydrogen) atoms. The van der Waals surface area contributed by atoms with Crippen LogP contribution in [0.2, 0.25) is 0 Å². The van der Waals surface area contributed by atoms with Gasteiger partial charge in [-0.25, -0.2) is 0 Å². The number of rotatable bonds is 8. The molecule has 0 aliphatic rings. The molecular formula is C13H25N3O. The summed E-state index contributed by atoms with van der Waals surface area (Å²) in [5.41, 5.74) is 1.09. The maximum absolute atomic E-state index is 5.50. The van der Waals surface area contributed by atoms with Gasteiger partial charge in [0.2, 0.25) is 0 Å². The van der Waals surface area contributed by atoms with Gasteiger partial charge in [-0.2, -0.15) is 0 Å². The Bertz CT molecular complexity index is 307. The van der Waals surface area contributed by atoms with Gasteiger partial charge in [-0.15, -0.1) is 5.10 Å². The van der Waals surface area contributed by atoms with Gasteiger partial charge >= 0.3 is 0 Å². The van der Waals surface area contributed by atoms with Gasteiger partial charge in [0.15, 0.2) is 0 Å². The van der Waals surface area contributed by atoms with Crippen LogP contribution in [0.25, 0.3) is 0 Å². The molecular weight excluding hydrogens is 214 g/mol. The molecule has 1 aromatic rings. The monoisotopic (exact) mass is 239 g/mol. The van der Waals surface area contributed by atoms with E-state index in [4.69, 9.17) is 4.74 Å². The molecule has 0 aliphatic carbocycles. The minimum atomic E-state index is 0.335. The Morgan fingerprint density at radius 1 is 1.24 bits per heavy atom. The molecule has 4 heteroatoms. The molecule has 0 radical (unpaired) electrons. The average Bonchev–Trinajstić information content (AvgIpc) is 2.63. The van der Waals surface area contributed by atoms with Crippen LogP contribution in [0.5, 0.6) is 0 Å². The fraction of sp³-hybridized carbons (Fsp3) is 0.846. The average molecular weight is 239 g/mol. The second-order valence-electron chi connectivity index (χ2n) is 5.20. The molecule has 1 heterocycles. The first-order chi connectivity index (χ1) is 8.08. The lowest BCUT2D eigenvalue weighted by Gasteiger charge is -2.06. The predicted molar refractivity (Wildman–Crippen MR) is 68.9 cm³/mol. The zero-order valence-corrected chi connectivity index (χ0v) is 11.5. The summed E-state index contributed by atoms with van der Waals surface area (Å²) in [5, 5.41) is 8.29. The van der Waals surface area contributed by atoms with Crippen molar-refractivity contribution in [1.82, 2.24) is 15.0 Å². The number of hydrogen-bond donors (Lipinski definition) is 0. The van der Waals surface area contributed by atoms with E-state index < -0.39 is 0 Å². The Labute approximate surface area is 104 Å². The lowest BCUT2D eigenvalue weighted by molar-refractivity contribution is 0.0760. The van der Waals surface area contributed by atoms with Gasteiger partial charge in [-0.3, -0.25) is 4.68 Å². The van der Waals surface area contributed by atoms with Crippen molar-refractivity contribution in [3.05, 3.63) is 11.9 Å². The number of aromatic nitrogens is 3. The van der Waals surface area contributed by atoms with Crippen LogP contribution in [0.15, 0.2) is 6.20 Å². The molecule has 1 rings (SSSR count). The fourth-order valence-corrected chi connectivity index (χ4v) is 1.64. The second kappa shape index (κ2) is 7.43. The van der Waals surface area contributed by atoms with Crippen LogP contribution in [0.4, 0.5) is 0 Å². The molecule has 0 spiro atoms. The number of ether oxygens (including phenoxy) is 1. The molecule has 0 N–H and O–H groups in total. The van der Waals surface area contributed by atoms with Crippen LogP contribution in [-0.2, 0) is 17.7 Å². The Balaban J connectivity index is 2.16. The number of aryl methyl sites for hydroxylation is 1. The van der Waals surface area contributed by atoms with Gasteiger partial charge < -0.3 is 4.74 Å². The standard InChI is InChI=1S/C13H25N3O/c1-11(2)9-16-10-13(14-15-16)7-5-6-8-17-12(3)4/h10-12H,5-9H2,1-4H3. The van der Waals surface area contributed by atoms with Gasteiger partial charge in [-0.05, 0) is 39.0 Å². The van der Waals surface area contributed by atoms with Crippen molar-refractivity contribution in [3.63, 3.8) is 0 Å². The summed E-state index contributed by atoms with van der Waals surface area (Å²) in [6.45, 7) is 10.3. The Kier molecular flexibility index (Phi) is 6.19. The minimum absolute atomic E-state index is 0.335. The van der Waals surface area contributed by atoms with Gasteiger partial charge in [0.1, 0.15) is 0 Å². The molecule has 0 unspecified atom stereocenters. The van der Waals surface area contributed by atoms with Crippen molar-refractivity contribution in [1.29, 1.82) is 0 Å². The van der Waals surface area contributed by atoms with E-state index in [9.17, 15) is 0 Å². The van der Waals surface area contributed by atoms with E-state index in [0.717, 1.165) is 38.1 Å². The molecule has 98 valence electrons. The van der Waals surface area contributed by atoms with E-state index in [1.807, 2.05) is 4.68 Å². The maximum atomic E-state index is 5.50. The van der Waals surface area contributed by atoms with E-state index >= 15 is 0 Å². The van der Waals surface area contributed by atoms with E-state index in [0.29, 0.717) is 12.0 Å². The predicted octanol–water partition coefficient (Wildman–Crippen LogP) is 2.68. The molecule has 4 nitrogen and oxygen atoms in total. The maximum Gasteiger partial charge on any atom is 0.0827 e. The van der Waals surface area contributed by atoms with E-state index in [2.05, 4.69) is 44.2 Å². The van der Waals surface area contributed by atoms with Gasteiger partial charge in [0.25, 0.3) is 0 Å². The van der Waals surface area contributed by atoms with Crippen LogP contribution < -0.4 is 0 Å². The van der Waals surface area contributed by atoms with Gasteiger partial charge in [0, 0.05) is 19.3 Å². The topological polar surface area (TPSA) is 39.9 Å². The summed E-state index contributed by atoms with van der Waals surface area (Å²) in [6, 6.07) is 0. The van der Waals surface area contributed by atoms with Gasteiger partial charge in [0.05, 0.1) is 11.8 Å². The van der Waals surface area contributed by atoms with Gasteiger partial charge in [-0.1, -0.05) is 19.1 Å². The third kappa shape index (κ3) is 6.41. The second-order valence-corrected chi connectivity index (χ2v) is 5.20. The summed E-state index contributed by atoms with van der Waals surface area (Å²) in [6.07, 6.45) is 5.60. The normalized spacial score (nSPS) is 11.6. The number of nitrogens with zero attached hydrogens (tertiary/aromatic N) is 3. The van der Waals surface area contributed by atoms with Crippen molar-refractivity contribution in [2.45, 2.75) is 59.6 Å². The first kappa shape index (κ1) is 14.2. The summed E-state index contributed by atoms with van der Waals surface area (Å²) in [7, 11) is 0. The molecule has 0 saturated carbocycles. The lowest BCUT2D eigenvalue weighted by Crippen LogP contribution is -2.04. The highest BCUT2D eigenvalue weighted by molar-refractivity contribution is 4.92. The molecule has 0 aliphatic heterocycles. The lowest BCUT2D eigenvalue weighted by atomic mass is 10.2. The zero-order valence-electron chi connectivity index (χ0n) is 11.5. The summed E-state index contributed by atoms with van der Waals surface area (Å²) >= 11 is 0. The molecule has 0 saturated heterocycles. The SMILES string of the molecule is CC(C)Cn1cc(CCCCOC(C)C)nn1. The minimum Gasteiger partial charge on any atom is -0.379 e. The summed E-state index contributed by atoms with van der Waals surface area (Å²) in [4.78, 5) is 0. The van der Waals surface area contributed by atoms with Crippen molar-refractivity contribution in [2.24, 2.45) is 5.92 Å². The van der Waals surface area contributed by atoms with Crippen LogP contribution in [-0.4, -0.2) is 27.7 Å². The largest absolute Gasteiger partial charge is 0.379 e. The quantitative estimate of drug-likeness (QED) is 0.655. The highest BCUT2D eigenvalue weighted by Gasteiger charge is 2.02. The van der Waals surface area contributed by atoms with Crippen molar-refractivity contribution in [2.75, 3.05) is 6.61 Å². The number of unbranched alkanes of at least 4 members (excludes halogenated alkanes) is 1.